The zero-order valence-electron chi connectivity index (χ0n) is 12.8. The topological polar surface area (TPSA) is 88.3 Å². The van der Waals surface area contributed by atoms with E-state index < -0.39 is 10.0 Å². The van der Waals surface area contributed by atoms with Crippen molar-refractivity contribution in [1.82, 2.24) is 9.29 Å². The number of nitrogens with two attached hydrogens (primary N) is 1. The molecule has 3 N–H and O–H groups in total. The van der Waals surface area contributed by atoms with Gasteiger partial charge in [0.25, 0.3) is 10.0 Å². The van der Waals surface area contributed by atoms with Gasteiger partial charge < -0.3 is 5.43 Å². The van der Waals surface area contributed by atoms with Crippen molar-refractivity contribution in [3.63, 3.8) is 0 Å². The maximum absolute atomic E-state index is 12.7. The van der Waals surface area contributed by atoms with Crippen molar-refractivity contribution in [3.05, 3.63) is 18.3 Å². The predicted molar refractivity (Wildman–Crippen MR) is 83.0 cm³/mol. The van der Waals surface area contributed by atoms with Gasteiger partial charge in [-0.1, -0.05) is 13.8 Å². The van der Waals surface area contributed by atoms with Crippen LogP contribution in [-0.2, 0) is 10.0 Å². The minimum atomic E-state index is -3.64. The van der Waals surface area contributed by atoms with Gasteiger partial charge in [-0.25, -0.2) is 13.4 Å². The van der Waals surface area contributed by atoms with E-state index in [2.05, 4.69) is 24.3 Å². The largest absolute Gasteiger partial charge is 0.321 e. The van der Waals surface area contributed by atoms with Crippen LogP contribution in [0.1, 0.15) is 39.5 Å². The van der Waals surface area contributed by atoms with E-state index in [9.17, 15) is 8.42 Å². The van der Waals surface area contributed by atoms with Crippen LogP contribution < -0.4 is 11.3 Å². The number of hydrogen-bond donors (Lipinski definition) is 2. The Morgan fingerprint density at radius 3 is 2.57 bits per heavy atom. The molecule has 1 aromatic heterocycles. The van der Waals surface area contributed by atoms with Gasteiger partial charge in [0, 0.05) is 19.3 Å². The van der Waals surface area contributed by atoms with E-state index in [0.29, 0.717) is 11.1 Å². The van der Waals surface area contributed by atoms with Gasteiger partial charge in [0.2, 0.25) is 0 Å². The number of rotatable bonds is 4. The summed E-state index contributed by atoms with van der Waals surface area (Å²) in [5.41, 5.74) is 3.03. The standard InChI is InChI=1S/C14H24N4O2S/c1-14(2)8-6-11(7-9-14)18(3)21(19,20)13-12(17-15)5-4-10-16-13/h4-5,10-11,17H,6-9,15H2,1-3H3. The molecule has 1 aliphatic rings. The van der Waals surface area contributed by atoms with E-state index in [1.165, 1.54) is 10.5 Å². The van der Waals surface area contributed by atoms with Crippen molar-refractivity contribution < 1.29 is 8.42 Å². The number of aromatic nitrogens is 1. The molecule has 0 radical (unpaired) electrons. The molecule has 1 aliphatic carbocycles. The normalized spacial score (nSPS) is 19.7. The van der Waals surface area contributed by atoms with Gasteiger partial charge in [-0.15, -0.1) is 0 Å². The van der Waals surface area contributed by atoms with Crippen molar-refractivity contribution in [3.8, 4) is 0 Å². The molecule has 0 aromatic carbocycles. The lowest BCUT2D eigenvalue weighted by atomic mass is 9.76. The monoisotopic (exact) mass is 312 g/mol. The minimum Gasteiger partial charge on any atom is -0.321 e. The summed E-state index contributed by atoms with van der Waals surface area (Å²) in [6.07, 6.45) is 5.27. The lowest BCUT2D eigenvalue weighted by Gasteiger charge is -2.37. The average Bonchev–Trinajstić information content (AvgIpc) is 2.46. The third-order valence-corrected chi connectivity index (χ3v) is 6.24. The summed E-state index contributed by atoms with van der Waals surface area (Å²) in [6, 6.07) is 3.28. The lowest BCUT2D eigenvalue weighted by Crippen LogP contribution is -2.41. The molecule has 7 heteroatoms. The smallest absolute Gasteiger partial charge is 0.262 e. The Morgan fingerprint density at radius 1 is 1.38 bits per heavy atom. The minimum absolute atomic E-state index is 0.0140. The van der Waals surface area contributed by atoms with Crippen LogP contribution in [0, 0.1) is 5.41 Å². The Kier molecular flexibility index (Phi) is 4.55. The summed E-state index contributed by atoms with van der Waals surface area (Å²) >= 11 is 0. The Bertz CT molecular complexity index is 591. The van der Waals surface area contributed by atoms with Crippen LogP contribution in [0.15, 0.2) is 23.4 Å². The van der Waals surface area contributed by atoms with Crippen LogP contribution in [-0.4, -0.2) is 30.8 Å². The summed E-state index contributed by atoms with van der Waals surface area (Å²) in [4.78, 5) is 3.99. The maximum Gasteiger partial charge on any atom is 0.262 e. The second-order valence-corrected chi connectivity index (χ2v) is 8.33. The van der Waals surface area contributed by atoms with Crippen molar-refractivity contribution >= 4 is 15.7 Å². The van der Waals surface area contributed by atoms with Crippen LogP contribution >= 0.6 is 0 Å². The van der Waals surface area contributed by atoms with Crippen molar-refractivity contribution in [1.29, 1.82) is 0 Å². The van der Waals surface area contributed by atoms with E-state index in [4.69, 9.17) is 5.84 Å². The number of nitrogen functional groups attached to an aromatic ring is 1. The van der Waals surface area contributed by atoms with E-state index >= 15 is 0 Å². The van der Waals surface area contributed by atoms with Gasteiger partial charge >= 0.3 is 0 Å². The van der Waals surface area contributed by atoms with Crippen LogP contribution in [0.2, 0.25) is 0 Å². The Hall–Kier alpha value is -1.18. The first-order valence-corrected chi connectivity index (χ1v) is 8.61. The van der Waals surface area contributed by atoms with E-state index in [-0.39, 0.29) is 11.1 Å². The van der Waals surface area contributed by atoms with Crippen LogP contribution in [0.5, 0.6) is 0 Å². The molecule has 2 rings (SSSR count). The van der Waals surface area contributed by atoms with Gasteiger partial charge in [-0.3, -0.25) is 5.84 Å². The molecule has 0 amide bonds. The number of nitrogens with one attached hydrogen (secondary N) is 1. The highest BCUT2D eigenvalue weighted by Crippen LogP contribution is 2.38. The Morgan fingerprint density at radius 2 is 2.00 bits per heavy atom. The fourth-order valence-corrected chi connectivity index (χ4v) is 4.26. The van der Waals surface area contributed by atoms with E-state index in [0.717, 1.165) is 25.7 Å². The summed E-state index contributed by atoms with van der Waals surface area (Å²) < 4.78 is 26.9. The molecule has 0 aliphatic heterocycles. The van der Waals surface area contributed by atoms with Crippen LogP contribution in [0.3, 0.4) is 0 Å². The number of hydrogen-bond acceptors (Lipinski definition) is 5. The molecule has 0 unspecified atom stereocenters. The summed E-state index contributed by atoms with van der Waals surface area (Å²) in [7, 11) is -2.01. The first kappa shape index (κ1) is 16.2. The number of sulfonamides is 1. The highest BCUT2D eigenvalue weighted by Gasteiger charge is 2.35. The molecule has 1 heterocycles. The molecule has 1 fully saturated rings. The second kappa shape index (κ2) is 5.90. The van der Waals surface area contributed by atoms with Crippen LogP contribution in [0.25, 0.3) is 0 Å². The molecule has 0 bridgehead atoms. The molecule has 1 saturated carbocycles. The van der Waals surface area contributed by atoms with Crippen LogP contribution in [0.4, 0.5) is 5.69 Å². The molecule has 1 aromatic rings. The molecule has 0 atom stereocenters. The molecule has 0 spiro atoms. The molecule has 21 heavy (non-hydrogen) atoms. The fourth-order valence-electron chi connectivity index (χ4n) is 2.79. The zero-order chi connectivity index (χ0) is 15.7. The number of nitrogens with zero attached hydrogens (tertiary/aromatic N) is 2. The molecule has 0 saturated heterocycles. The average molecular weight is 312 g/mol. The molecule has 6 nitrogen and oxygen atoms in total. The second-order valence-electron chi connectivity index (χ2n) is 6.42. The molecule has 118 valence electrons. The maximum atomic E-state index is 12.7. The van der Waals surface area contributed by atoms with E-state index in [1.807, 2.05) is 0 Å². The summed E-state index contributed by atoms with van der Waals surface area (Å²) in [5.74, 6) is 5.39. The highest BCUT2D eigenvalue weighted by molar-refractivity contribution is 7.89. The molecular formula is C14H24N4O2S. The number of anilines is 1. The highest BCUT2D eigenvalue weighted by atomic mass is 32.2. The lowest BCUT2D eigenvalue weighted by molar-refractivity contribution is 0.174. The summed E-state index contributed by atoms with van der Waals surface area (Å²) in [5, 5.41) is -0.0140. The van der Waals surface area contributed by atoms with Gasteiger partial charge in [0.15, 0.2) is 5.03 Å². The first-order chi connectivity index (χ1) is 9.78. The van der Waals surface area contributed by atoms with Gasteiger partial charge in [-0.2, -0.15) is 4.31 Å². The van der Waals surface area contributed by atoms with Gasteiger partial charge in [0.05, 0.1) is 5.69 Å². The van der Waals surface area contributed by atoms with Crippen molar-refractivity contribution in [2.45, 2.75) is 50.6 Å². The quantitative estimate of drug-likeness (QED) is 0.655. The SMILES string of the molecule is CN(C1CCC(C)(C)CC1)S(=O)(=O)c1ncccc1NN. The number of pyridine rings is 1. The van der Waals surface area contributed by atoms with Crippen molar-refractivity contribution in [2.75, 3.05) is 12.5 Å². The predicted octanol–water partition coefficient (Wildman–Crippen LogP) is 1.96. The fraction of sp³-hybridized carbons (Fsp3) is 0.643. The third kappa shape index (κ3) is 3.36. The van der Waals surface area contributed by atoms with Gasteiger partial charge in [0.1, 0.15) is 0 Å². The zero-order valence-corrected chi connectivity index (χ0v) is 13.7. The Balaban J connectivity index is 2.23. The first-order valence-electron chi connectivity index (χ1n) is 7.17. The van der Waals surface area contributed by atoms with Gasteiger partial charge in [-0.05, 0) is 43.2 Å². The molecular weight excluding hydrogens is 288 g/mol. The number of hydrazine groups is 1. The van der Waals surface area contributed by atoms with E-state index in [1.54, 1.807) is 19.2 Å². The summed E-state index contributed by atoms with van der Waals surface area (Å²) in [6.45, 7) is 4.46. The third-order valence-electron chi connectivity index (χ3n) is 4.37. The Labute approximate surface area is 126 Å². The van der Waals surface area contributed by atoms with Crippen molar-refractivity contribution in [2.24, 2.45) is 11.3 Å².